The van der Waals surface area contributed by atoms with Gasteiger partial charge in [-0.1, -0.05) is 0 Å². The average molecular weight is 260 g/mol. The molecule has 0 bridgehead atoms. The molecule has 0 aliphatic heterocycles. The fourth-order valence-electron chi connectivity index (χ4n) is 1.54. The summed E-state index contributed by atoms with van der Waals surface area (Å²) < 4.78 is 23.0. The van der Waals surface area contributed by atoms with Gasteiger partial charge in [-0.25, -0.2) is 4.39 Å². The highest BCUT2D eigenvalue weighted by Gasteiger charge is 2.07. The largest absolute Gasteiger partial charge is 0.497 e. The summed E-state index contributed by atoms with van der Waals surface area (Å²) in [7, 11) is 1.56. The molecule has 0 saturated carbocycles. The number of benzene rings is 2. The van der Waals surface area contributed by atoms with E-state index in [0.717, 1.165) is 0 Å². The Bertz CT molecular complexity index is 547. The maximum atomic E-state index is 12.7. The van der Waals surface area contributed by atoms with E-state index in [1.165, 1.54) is 24.3 Å². The van der Waals surface area contributed by atoms with E-state index in [4.69, 9.17) is 9.47 Å². The molecule has 2 aromatic rings. The zero-order valence-corrected chi connectivity index (χ0v) is 10.4. The lowest BCUT2D eigenvalue weighted by molar-refractivity contribution is 0.0921. The van der Waals surface area contributed by atoms with Crippen molar-refractivity contribution in [3.8, 4) is 11.5 Å². The van der Waals surface area contributed by atoms with Crippen molar-refractivity contribution < 1.29 is 18.7 Å². The third-order valence-electron chi connectivity index (χ3n) is 2.60. The first kappa shape index (κ1) is 13.1. The number of ketones is 1. The number of hydrogen-bond acceptors (Lipinski definition) is 3. The van der Waals surface area contributed by atoms with Gasteiger partial charge in [0.05, 0.1) is 7.11 Å². The third kappa shape index (κ3) is 3.55. The smallest absolute Gasteiger partial charge is 0.200 e. The number of ether oxygens (including phenoxy) is 2. The van der Waals surface area contributed by atoms with Gasteiger partial charge in [0.2, 0.25) is 0 Å². The number of carbonyl (C=O) groups excluding carboxylic acids is 1. The molecule has 0 saturated heterocycles. The van der Waals surface area contributed by atoms with Gasteiger partial charge >= 0.3 is 0 Å². The molecule has 4 heteroatoms. The summed E-state index contributed by atoms with van der Waals surface area (Å²) >= 11 is 0. The minimum atomic E-state index is -0.339. The van der Waals surface area contributed by atoms with Crippen LogP contribution in [0, 0.1) is 5.82 Å². The number of Topliss-reactive ketones (excluding diaryl/α,β-unsaturated/α-hetero) is 1. The number of halogens is 1. The highest BCUT2D eigenvalue weighted by Crippen LogP contribution is 2.14. The number of carbonyl (C=O) groups is 1. The number of rotatable bonds is 5. The first-order valence-corrected chi connectivity index (χ1v) is 5.74. The van der Waals surface area contributed by atoms with Gasteiger partial charge in [-0.15, -0.1) is 0 Å². The fraction of sp³-hybridized carbons (Fsp3) is 0.133. The van der Waals surface area contributed by atoms with Crippen molar-refractivity contribution in [2.75, 3.05) is 13.7 Å². The zero-order chi connectivity index (χ0) is 13.7. The Hall–Kier alpha value is -2.36. The van der Waals surface area contributed by atoms with Crippen molar-refractivity contribution >= 4 is 5.78 Å². The molecule has 98 valence electrons. The van der Waals surface area contributed by atoms with E-state index < -0.39 is 0 Å². The Morgan fingerprint density at radius 2 is 1.58 bits per heavy atom. The topological polar surface area (TPSA) is 35.5 Å². The Labute approximate surface area is 110 Å². The predicted octanol–water partition coefficient (Wildman–Crippen LogP) is 3.10. The lowest BCUT2D eigenvalue weighted by Gasteiger charge is -2.06. The van der Waals surface area contributed by atoms with Crippen LogP contribution in [0.4, 0.5) is 4.39 Å². The van der Waals surface area contributed by atoms with Crippen LogP contribution in [0.25, 0.3) is 0 Å². The minimum Gasteiger partial charge on any atom is -0.497 e. The van der Waals surface area contributed by atoms with Crippen molar-refractivity contribution in [3.63, 3.8) is 0 Å². The maximum absolute atomic E-state index is 12.7. The molecular weight excluding hydrogens is 247 g/mol. The van der Waals surface area contributed by atoms with E-state index in [2.05, 4.69) is 0 Å². The second-order valence-corrected chi connectivity index (χ2v) is 3.89. The van der Waals surface area contributed by atoms with Crippen molar-refractivity contribution in [1.82, 2.24) is 0 Å². The normalized spacial score (nSPS) is 10.0. The Balaban J connectivity index is 1.95. The summed E-state index contributed by atoms with van der Waals surface area (Å²) in [5.41, 5.74) is 0.544. The molecule has 0 unspecified atom stereocenters. The van der Waals surface area contributed by atoms with Crippen molar-refractivity contribution in [2.24, 2.45) is 0 Å². The van der Waals surface area contributed by atoms with Crippen LogP contribution < -0.4 is 9.47 Å². The van der Waals surface area contributed by atoms with Crippen LogP contribution in [0.3, 0.4) is 0 Å². The first-order chi connectivity index (χ1) is 9.19. The zero-order valence-electron chi connectivity index (χ0n) is 10.4. The van der Waals surface area contributed by atoms with E-state index in [9.17, 15) is 9.18 Å². The monoisotopic (exact) mass is 260 g/mol. The van der Waals surface area contributed by atoms with Crippen LogP contribution in [-0.2, 0) is 0 Å². The lowest BCUT2D eigenvalue weighted by atomic mass is 10.1. The van der Waals surface area contributed by atoms with Gasteiger partial charge in [0.15, 0.2) is 12.4 Å². The second-order valence-electron chi connectivity index (χ2n) is 3.89. The van der Waals surface area contributed by atoms with Gasteiger partial charge in [0.1, 0.15) is 17.3 Å². The third-order valence-corrected chi connectivity index (χ3v) is 2.60. The lowest BCUT2D eigenvalue weighted by Crippen LogP contribution is -2.11. The molecule has 19 heavy (non-hydrogen) atoms. The van der Waals surface area contributed by atoms with Crippen LogP contribution in [0.1, 0.15) is 10.4 Å². The molecule has 2 rings (SSSR count). The Morgan fingerprint density at radius 1 is 1.00 bits per heavy atom. The summed E-state index contributed by atoms with van der Waals surface area (Å²) in [6.45, 7) is -0.0854. The molecule has 3 nitrogen and oxygen atoms in total. The summed E-state index contributed by atoms with van der Waals surface area (Å²) in [5, 5.41) is 0. The van der Waals surface area contributed by atoms with E-state index in [0.29, 0.717) is 17.1 Å². The molecule has 0 aliphatic carbocycles. The Kier molecular flexibility index (Phi) is 4.13. The van der Waals surface area contributed by atoms with Crippen molar-refractivity contribution in [1.29, 1.82) is 0 Å². The highest BCUT2D eigenvalue weighted by atomic mass is 19.1. The summed E-state index contributed by atoms with van der Waals surface area (Å²) in [6, 6.07) is 12.3. The first-order valence-electron chi connectivity index (χ1n) is 5.74. The van der Waals surface area contributed by atoms with E-state index in [1.54, 1.807) is 31.4 Å². The molecule has 0 aliphatic rings. The number of methoxy groups -OCH3 is 1. The van der Waals surface area contributed by atoms with Crippen LogP contribution in [-0.4, -0.2) is 19.5 Å². The fourth-order valence-corrected chi connectivity index (χ4v) is 1.54. The van der Waals surface area contributed by atoms with Crippen LogP contribution in [0.15, 0.2) is 48.5 Å². The molecule has 0 amide bonds. The molecule has 0 atom stereocenters. The summed E-state index contributed by atoms with van der Waals surface area (Å²) in [5.74, 6) is 0.667. The molecule has 0 N–H and O–H groups in total. The molecule has 0 spiro atoms. The van der Waals surface area contributed by atoms with Crippen LogP contribution >= 0.6 is 0 Å². The molecule has 0 aromatic heterocycles. The van der Waals surface area contributed by atoms with Crippen LogP contribution in [0.5, 0.6) is 11.5 Å². The molecule has 0 radical (unpaired) electrons. The standard InChI is InChI=1S/C15H13FO3/c1-18-13-6-2-11(3-7-13)15(17)10-19-14-8-4-12(16)5-9-14/h2-9H,10H2,1H3. The molecule has 0 fully saturated rings. The Morgan fingerprint density at radius 3 is 2.16 bits per heavy atom. The molecular formula is C15H13FO3. The van der Waals surface area contributed by atoms with Gasteiger partial charge in [-0.3, -0.25) is 4.79 Å². The quantitative estimate of drug-likeness (QED) is 0.775. The summed E-state index contributed by atoms with van der Waals surface area (Å²) in [4.78, 5) is 11.8. The van der Waals surface area contributed by atoms with E-state index in [-0.39, 0.29) is 18.2 Å². The SMILES string of the molecule is COc1ccc(C(=O)COc2ccc(F)cc2)cc1. The summed E-state index contributed by atoms with van der Waals surface area (Å²) in [6.07, 6.45) is 0. The van der Waals surface area contributed by atoms with Gasteiger partial charge in [0, 0.05) is 5.56 Å². The van der Waals surface area contributed by atoms with Gasteiger partial charge in [0.25, 0.3) is 0 Å². The predicted molar refractivity (Wildman–Crippen MR) is 69.2 cm³/mol. The van der Waals surface area contributed by atoms with Gasteiger partial charge in [-0.05, 0) is 48.5 Å². The average Bonchev–Trinajstić information content (AvgIpc) is 2.46. The van der Waals surface area contributed by atoms with E-state index >= 15 is 0 Å². The molecule has 0 heterocycles. The second kappa shape index (κ2) is 6.00. The maximum Gasteiger partial charge on any atom is 0.200 e. The number of hydrogen-bond donors (Lipinski definition) is 0. The van der Waals surface area contributed by atoms with Crippen LogP contribution in [0.2, 0.25) is 0 Å². The van der Waals surface area contributed by atoms with Gasteiger partial charge < -0.3 is 9.47 Å². The molecule has 2 aromatic carbocycles. The van der Waals surface area contributed by atoms with Crippen molar-refractivity contribution in [3.05, 3.63) is 59.9 Å². The van der Waals surface area contributed by atoms with Crippen molar-refractivity contribution in [2.45, 2.75) is 0 Å². The van der Waals surface area contributed by atoms with E-state index in [1.807, 2.05) is 0 Å². The van der Waals surface area contributed by atoms with Gasteiger partial charge in [-0.2, -0.15) is 0 Å². The highest BCUT2D eigenvalue weighted by molar-refractivity contribution is 5.97. The minimum absolute atomic E-state index is 0.0854.